The van der Waals surface area contributed by atoms with Gasteiger partial charge in [0, 0.05) is 32.9 Å². The second kappa shape index (κ2) is 6.30. The van der Waals surface area contributed by atoms with Crippen LogP contribution < -0.4 is 5.73 Å². The van der Waals surface area contributed by atoms with Gasteiger partial charge in [0.15, 0.2) is 0 Å². The Balaban J connectivity index is 2.85. The summed E-state index contributed by atoms with van der Waals surface area (Å²) in [7, 11) is 1.63. The van der Waals surface area contributed by atoms with Gasteiger partial charge in [-0.15, -0.1) is 0 Å². The Morgan fingerprint density at radius 2 is 2.24 bits per heavy atom. The van der Waals surface area contributed by atoms with Crippen LogP contribution >= 0.6 is 0 Å². The van der Waals surface area contributed by atoms with E-state index in [0.717, 1.165) is 6.54 Å². The van der Waals surface area contributed by atoms with Gasteiger partial charge in [-0.3, -0.25) is 4.79 Å². The molecule has 5 nitrogen and oxygen atoms in total. The maximum Gasteiger partial charge on any atom is 0.270 e. The third-order valence-corrected chi connectivity index (χ3v) is 2.71. The molecule has 0 unspecified atom stereocenters. The van der Waals surface area contributed by atoms with Crippen LogP contribution in [0.4, 0.5) is 5.69 Å². The van der Waals surface area contributed by atoms with Crippen LogP contribution in [0.15, 0.2) is 12.3 Å². The molecule has 1 amide bonds. The number of likely N-dealkylation sites (N-methyl/N-ethyl adjacent to an activating group) is 1. The quantitative estimate of drug-likeness (QED) is 0.811. The number of hydrogen-bond donors (Lipinski definition) is 1. The Kier molecular flexibility index (Phi) is 5.03. The topological polar surface area (TPSA) is 60.5 Å². The van der Waals surface area contributed by atoms with Crippen molar-refractivity contribution in [1.82, 2.24) is 9.47 Å². The highest BCUT2D eigenvalue weighted by molar-refractivity contribution is 5.93. The molecule has 0 radical (unpaired) electrons. The van der Waals surface area contributed by atoms with E-state index in [1.165, 1.54) is 0 Å². The molecule has 0 aliphatic carbocycles. The molecule has 0 saturated carbocycles. The first-order valence-corrected chi connectivity index (χ1v) is 5.87. The summed E-state index contributed by atoms with van der Waals surface area (Å²) in [6.45, 7) is 6.48. The Morgan fingerprint density at radius 3 is 2.76 bits per heavy atom. The van der Waals surface area contributed by atoms with Crippen molar-refractivity contribution in [3.63, 3.8) is 0 Å². The van der Waals surface area contributed by atoms with Gasteiger partial charge in [0.05, 0.1) is 12.3 Å². The average molecular weight is 239 g/mol. The average Bonchev–Trinajstić information content (AvgIpc) is 2.71. The number of amides is 1. The molecule has 1 rings (SSSR count). The molecule has 0 aliphatic rings. The zero-order valence-electron chi connectivity index (χ0n) is 10.8. The molecule has 0 atom stereocenters. The minimum absolute atomic E-state index is 0.00287. The zero-order chi connectivity index (χ0) is 12.8. The molecular weight excluding hydrogens is 218 g/mol. The lowest BCUT2D eigenvalue weighted by atomic mass is 10.3. The summed E-state index contributed by atoms with van der Waals surface area (Å²) >= 11 is 0. The number of rotatable bonds is 6. The number of hydrogen-bond acceptors (Lipinski definition) is 3. The summed E-state index contributed by atoms with van der Waals surface area (Å²) in [6, 6.07) is 1.72. The maximum absolute atomic E-state index is 12.3. The molecule has 0 fully saturated rings. The number of nitrogen functional groups attached to an aromatic ring is 1. The molecule has 0 aromatic carbocycles. The van der Waals surface area contributed by atoms with E-state index in [0.29, 0.717) is 31.1 Å². The molecular formula is C12H21N3O2. The summed E-state index contributed by atoms with van der Waals surface area (Å²) in [4.78, 5) is 14.0. The minimum Gasteiger partial charge on any atom is -0.397 e. The van der Waals surface area contributed by atoms with Crippen LogP contribution in [0.2, 0.25) is 0 Å². The Hall–Kier alpha value is -1.49. The highest BCUT2D eigenvalue weighted by Crippen LogP contribution is 2.13. The molecule has 0 spiro atoms. The number of anilines is 1. The number of methoxy groups -OCH3 is 1. The van der Waals surface area contributed by atoms with E-state index in [4.69, 9.17) is 10.5 Å². The maximum atomic E-state index is 12.3. The van der Waals surface area contributed by atoms with Gasteiger partial charge in [-0.2, -0.15) is 0 Å². The van der Waals surface area contributed by atoms with Gasteiger partial charge in [-0.1, -0.05) is 0 Å². The van der Waals surface area contributed by atoms with Crippen molar-refractivity contribution in [2.45, 2.75) is 20.4 Å². The van der Waals surface area contributed by atoms with E-state index in [1.807, 2.05) is 18.4 Å². The van der Waals surface area contributed by atoms with Crippen LogP contribution in [0.3, 0.4) is 0 Å². The zero-order valence-corrected chi connectivity index (χ0v) is 10.8. The van der Waals surface area contributed by atoms with Gasteiger partial charge >= 0.3 is 0 Å². The molecule has 17 heavy (non-hydrogen) atoms. The summed E-state index contributed by atoms with van der Waals surface area (Å²) in [5.41, 5.74) is 6.98. The van der Waals surface area contributed by atoms with Crippen molar-refractivity contribution in [3.05, 3.63) is 18.0 Å². The monoisotopic (exact) mass is 239 g/mol. The third kappa shape index (κ3) is 3.23. The first kappa shape index (κ1) is 13.6. The summed E-state index contributed by atoms with van der Waals surface area (Å²) in [5.74, 6) is 0.00287. The molecule has 1 aromatic rings. The molecule has 0 saturated heterocycles. The van der Waals surface area contributed by atoms with Gasteiger partial charge in [0.25, 0.3) is 5.91 Å². The van der Waals surface area contributed by atoms with Crippen molar-refractivity contribution < 1.29 is 9.53 Å². The molecule has 0 bridgehead atoms. The number of carbonyl (C=O) groups is 1. The summed E-state index contributed by atoms with van der Waals surface area (Å²) in [6.07, 6.45) is 1.79. The number of carbonyl (C=O) groups excluding carboxylic acids is 1. The van der Waals surface area contributed by atoms with E-state index in [1.54, 1.807) is 24.3 Å². The van der Waals surface area contributed by atoms with Crippen LogP contribution in [0.1, 0.15) is 24.3 Å². The number of aromatic nitrogens is 1. The minimum atomic E-state index is 0.00287. The molecule has 0 aliphatic heterocycles. The normalized spacial score (nSPS) is 10.5. The SMILES string of the molecule is CCN(CCOC)C(=O)c1cc(N)cn1CC. The Labute approximate surface area is 102 Å². The Morgan fingerprint density at radius 1 is 1.53 bits per heavy atom. The van der Waals surface area contributed by atoms with Gasteiger partial charge in [0.2, 0.25) is 0 Å². The number of nitrogens with zero attached hydrogens (tertiary/aromatic N) is 2. The largest absolute Gasteiger partial charge is 0.397 e. The molecule has 96 valence electrons. The first-order chi connectivity index (χ1) is 8.13. The molecule has 5 heteroatoms. The highest BCUT2D eigenvalue weighted by Gasteiger charge is 2.17. The fourth-order valence-electron chi connectivity index (χ4n) is 1.74. The van der Waals surface area contributed by atoms with Gasteiger partial charge in [-0.25, -0.2) is 0 Å². The van der Waals surface area contributed by atoms with Crippen molar-refractivity contribution in [3.8, 4) is 0 Å². The van der Waals surface area contributed by atoms with Crippen LogP contribution in [-0.4, -0.2) is 42.2 Å². The van der Waals surface area contributed by atoms with Crippen molar-refractivity contribution in [1.29, 1.82) is 0 Å². The number of nitrogens with two attached hydrogens (primary N) is 1. The van der Waals surface area contributed by atoms with E-state index in [2.05, 4.69) is 0 Å². The smallest absolute Gasteiger partial charge is 0.270 e. The third-order valence-electron chi connectivity index (χ3n) is 2.71. The fourth-order valence-corrected chi connectivity index (χ4v) is 1.74. The van der Waals surface area contributed by atoms with Gasteiger partial charge in [-0.05, 0) is 19.9 Å². The van der Waals surface area contributed by atoms with E-state index >= 15 is 0 Å². The lowest BCUT2D eigenvalue weighted by Crippen LogP contribution is -2.34. The van der Waals surface area contributed by atoms with E-state index < -0.39 is 0 Å². The van der Waals surface area contributed by atoms with Crippen molar-refractivity contribution >= 4 is 11.6 Å². The van der Waals surface area contributed by atoms with E-state index in [9.17, 15) is 4.79 Å². The highest BCUT2D eigenvalue weighted by atomic mass is 16.5. The summed E-state index contributed by atoms with van der Waals surface area (Å²) in [5, 5.41) is 0. The van der Waals surface area contributed by atoms with Crippen LogP contribution in [0.5, 0.6) is 0 Å². The number of ether oxygens (including phenoxy) is 1. The lowest BCUT2D eigenvalue weighted by molar-refractivity contribution is 0.0696. The van der Waals surface area contributed by atoms with Crippen LogP contribution in [0, 0.1) is 0 Å². The molecule has 2 N–H and O–H groups in total. The van der Waals surface area contributed by atoms with E-state index in [-0.39, 0.29) is 5.91 Å². The second-order valence-corrected chi connectivity index (χ2v) is 3.82. The lowest BCUT2D eigenvalue weighted by Gasteiger charge is -2.20. The number of aryl methyl sites for hydroxylation is 1. The van der Waals surface area contributed by atoms with Crippen molar-refractivity contribution in [2.24, 2.45) is 0 Å². The second-order valence-electron chi connectivity index (χ2n) is 3.82. The first-order valence-electron chi connectivity index (χ1n) is 5.87. The van der Waals surface area contributed by atoms with Crippen LogP contribution in [0.25, 0.3) is 0 Å². The van der Waals surface area contributed by atoms with Crippen molar-refractivity contribution in [2.75, 3.05) is 32.5 Å². The standard InChI is InChI=1S/C12H21N3O2/c1-4-14(6-7-17-3)12(16)11-8-10(13)9-15(11)5-2/h8-9H,4-7,13H2,1-3H3. The predicted molar refractivity (Wildman–Crippen MR) is 68.0 cm³/mol. The fraction of sp³-hybridized carbons (Fsp3) is 0.583. The van der Waals surface area contributed by atoms with Crippen LogP contribution in [-0.2, 0) is 11.3 Å². The molecule has 1 heterocycles. The Bertz CT molecular complexity index is 374. The van der Waals surface area contributed by atoms with Gasteiger partial charge in [0.1, 0.15) is 5.69 Å². The predicted octanol–water partition coefficient (Wildman–Crippen LogP) is 1.20. The summed E-state index contributed by atoms with van der Waals surface area (Å²) < 4.78 is 6.86. The van der Waals surface area contributed by atoms with Gasteiger partial charge < -0.3 is 19.9 Å². The molecule has 1 aromatic heterocycles.